The first-order chi connectivity index (χ1) is 9.61. The van der Waals surface area contributed by atoms with Gasteiger partial charge in [-0.25, -0.2) is 4.98 Å². The van der Waals surface area contributed by atoms with Gasteiger partial charge >= 0.3 is 0 Å². The number of rotatable bonds is 2. The monoisotopic (exact) mass is 414 g/mol. The number of imidazole rings is 1. The summed E-state index contributed by atoms with van der Waals surface area (Å²) in [5, 5.41) is 0. The molecule has 102 valence electrons. The Kier molecular flexibility index (Phi) is 3.61. The van der Waals surface area contributed by atoms with E-state index in [0.29, 0.717) is 21.8 Å². The summed E-state index contributed by atoms with van der Waals surface area (Å²) < 4.78 is 9.45. The number of methoxy groups -OCH3 is 1. The lowest BCUT2D eigenvalue weighted by Crippen LogP contribution is -1.98. The van der Waals surface area contributed by atoms with Crippen LogP contribution in [-0.2, 0) is 0 Å². The Labute approximate surface area is 136 Å². The van der Waals surface area contributed by atoms with Gasteiger partial charge in [0.15, 0.2) is 10.4 Å². The van der Waals surface area contributed by atoms with Crippen molar-refractivity contribution in [1.82, 2.24) is 19.5 Å². The Morgan fingerprint density at radius 2 is 2.10 bits per heavy atom. The number of ether oxygens (including phenoxy) is 1. The zero-order chi connectivity index (χ0) is 14.3. The van der Waals surface area contributed by atoms with E-state index in [1.165, 1.54) is 6.33 Å². The number of halogens is 2. The molecule has 2 aromatic heterocycles. The van der Waals surface area contributed by atoms with Gasteiger partial charge in [0.2, 0.25) is 5.88 Å². The third-order valence-corrected chi connectivity index (χ3v) is 4.23. The smallest absolute Gasteiger partial charge is 0.242 e. The van der Waals surface area contributed by atoms with Crippen LogP contribution >= 0.6 is 44.1 Å². The van der Waals surface area contributed by atoms with Gasteiger partial charge in [-0.15, -0.1) is 0 Å². The molecule has 0 aliphatic rings. The quantitative estimate of drug-likeness (QED) is 0.642. The molecule has 1 aromatic carbocycles. The van der Waals surface area contributed by atoms with Crippen LogP contribution in [0.15, 0.2) is 33.5 Å². The predicted molar refractivity (Wildman–Crippen MR) is 86.0 cm³/mol. The van der Waals surface area contributed by atoms with E-state index in [9.17, 15) is 0 Å². The third-order valence-electron chi connectivity index (χ3n) is 2.78. The maximum Gasteiger partial charge on any atom is 0.242 e. The van der Waals surface area contributed by atoms with Gasteiger partial charge in [-0.2, -0.15) is 4.98 Å². The standard InChI is InChI=1S/C12H8Br2N4OS/c1-19-11-9-10(15-5-16-11)18(12(20)17-9)8-4-6(13)2-3-7(8)14/h2-5H,1H3,(H,17,20). The van der Waals surface area contributed by atoms with Gasteiger partial charge in [0.1, 0.15) is 11.8 Å². The Hall–Kier alpha value is -1.25. The van der Waals surface area contributed by atoms with Crippen molar-refractivity contribution < 1.29 is 4.74 Å². The molecule has 0 amide bonds. The summed E-state index contributed by atoms with van der Waals surface area (Å²) in [6.07, 6.45) is 1.45. The number of nitrogens with zero attached hydrogens (tertiary/aromatic N) is 3. The zero-order valence-corrected chi connectivity index (χ0v) is 14.2. The SMILES string of the molecule is COc1ncnc2c1[nH]c(=S)n2-c1cc(Br)ccc1Br. The predicted octanol–water partition coefficient (Wildman–Crippen LogP) is 4.01. The molecule has 0 unspecified atom stereocenters. The molecular weight excluding hydrogens is 408 g/mol. The lowest BCUT2D eigenvalue weighted by molar-refractivity contribution is 0.401. The highest BCUT2D eigenvalue weighted by atomic mass is 79.9. The lowest BCUT2D eigenvalue weighted by atomic mass is 10.3. The normalized spacial score (nSPS) is 10.9. The van der Waals surface area contributed by atoms with Gasteiger partial charge in [0, 0.05) is 8.95 Å². The summed E-state index contributed by atoms with van der Waals surface area (Å²) in [6, 6.07) is 5.85. The van der Waals surface area contributed by atoms with Crippen LogP contribution in [0.1, 0.15) is 0 Å². The summed E-state index contributed by atoms with van der Waals surface area (Å²) in [4.78, 5) is 11.4. The Balaban J connectivity index is 2.40. The van der Waals surface area contributed by atoms with Gasteiger partial charge in [-0.1, -0.05) is 15.9 Å². The molecule has 0 bridgehead atoms. The highest BCUT2D eigenvalue weighted by molar-refractivity contribution is 9.11. The van der Waals surface area contributed by atoms with Gasteiger partial charge in [0.05, 0.1) is 12.8 Å². The first kappa shape index (κ1) is 13.7. The molecule has 0 radical (unpaired) electrons. The zero-order valence-electron chi connectivity index (χ0n) is 10.2. The summed E-state index contributed by atoms with van der Waals surface area (Å²) in [7, 11) is 1.56. The minimum Gasteiger partial charge on any atom is -0.479 e. The number of aromatic nitrogens is 4. The molecular formula is C12H8Br2N4OS. The molecule has 20 heavy (non-hydrogen) atoms. The number of aromatic amines is 1. The van der Waals surface area contributed by atoms with Gasteiger partial charge in [-0.05, 0) is 46.3 Å². The highest BCUT2D eigenvalue weighted by Gasteiger charge is 2.14. The second-order valence-corrected chi connectivity index (χ2v) is 6.10. The Morgan fingerprint density at radius 3 is 2.85 bits per heavy atom. The van der Waals surface area contributed by atoms with E-state index >= 15 is 0 Å². The molecule has 0 saturated carbocycles. The minimum atomic E-state index is 0.464. The van der Waals surface area contributed by atoms with E-state index < -0.39 is 0 Å². The number of fused-ring (bicyclic) bond motifs is 1. The van der Waals surface area contributed by atoms with Crippen molar-refractivity contribution in [3.63, 3.8) is 0 Å². The summed E-state index contributed by atoms with van der Waals surface area (Å²) >= 11 is 12.4. The van der Waals surface area contributed by atoms with Crippen LogP contribution in [0.4, 0.5) is 0 Å². The summed E-state index contributed by atoms with van der Waals surface area (Å²) in [5.74, 6) is 0.464. The van der Waals surface area contributed by atoms with Crippen molar-refractivity contribution in [2.75, 3.05) is 7.11 Å². The average molecular weight is 416 g/mol. The van der Waals surface area contributed by atoms with E-state index in [-0.39, 0.29) is 0 Å². The van der Waals surface area contributed by atoms with Crippen molar-refractivity contribution in [3.05, 3.63) is 38.2 Å². The number of hydrogen-bond acceptors (Lipinski definition) is 4. The minimum absolute atomic E-state index is 0.464. The van der Waals surface area contributed by atoms with Gasteiger partial charge in [-0.3, -0.25) is 4.57 Å². The Morgan fingerprint density at radius 1 is 1.30 bits per heavy atom. The fourth-order valence-corrected chi connectivity index (χ4v) is 2.99. The van der Waals surface area contributed by atoms with Crippen molar-refractivity contribution in [3.8, 4) is 11.6 Å². The van der Waals surface area contributed by atoms with Crippen molar-refractivity contribution in [2.45, 2.75) is 0 Å². The van der Waals surface area contributed by atoms with Crippen molar-refractivity contribution in [2.24, 2.45) is 0 Å². The second kappa shape index (κ2) is 5.27. The maximum atomic E-state index is 5.39. The molecule has 8 heteroatoms. The number of hydrogen-bond donors (Lipinski definition) is 1. The molecule has 0 aliphatic carbocycles. The fourth-order valence-electron chi connectivity index (χ4n) is 1.93. The topological polar surface area (TPSA) is 55.7 Å². The Bertz CT molecular complexity index is 858. The van der Waals surface area contributed by atoms with Gasteiger partial charge < -0.3 is 9.72 Å². The largest absolute Gasteiger partial charge is 0.479 e. The number of H-pyrrole nitrogens is 1. The number of nitrogens with one attached hydrogen (secondary N) is 1. The molecule has 0 saturated heterocycles. The fraction of sp³-hybridized carbons (Fsp3) is 0.0833. The van der Waals surface area contributed by atoms with Crippen LogP contribution in [0.2, 0.25) is 0 Å². The van der Waals surface area contributed by atoms with Crippen molar-refractivity contribution in [1.29, 1.82) is 0 Å². The molecule has 3 rings (SSSR count). The summed E-state index contributed by atoms with van der Waals surface area (Å²) in [5.41, 5.74) is 2.23. The molecule has 2 heterocycles. The molecule has 0 spiro atoms. The molecule has 0 atom stereocenters. The van der Waals surface area contributed by atoms with E-state index in [4.69, 9.17) is 17.0 Å². The molecule has 0 fully saturated rings. The van der Waals surface area contributed by atoms with Crippen LogP contribution in [0.25, 0.3) is 16.9 Å². The van der Waals surface area contributed by atoms with E-state index in [1.54, 1.807) is 7.11 Å². The van der Waals surface area contributed by atoms with Crippen LogP contribution < -0.4 is 4.74 Å². The molecule has 3 aromatic rings. The molecule has 1 N–H and O–H groups in total. The molecule has 5 nitrogen and oxygen atoms in total. The van der Waals surface area contributed by atoms with E-state index in [0.717, 1.165) is 14.6 Å². The van der Waals surface area contributed by atoms with Crippen LogP contribution in [-0.4, -0.2) is 26.6 Å². The van der Waals surface area contributed by atoms with Crippen LogP contribution in [0.5, 0.6) is 5.88 Å². The second-order valence-electron chi connectivity index (χ2n) is 3.94. The first-order valence-electron chi connectivity index (χ1n) is 5.57. The van der Waals surface area contributed by atoms with E-state index in [2.05, 4.69) is 46.8 Å². The molecule has 0 aliphatic heterocycles. The first-order valence-corrected chi connectivity index (χ1v) is 7.56. The third kappa shape index (κ3) is 2.17. The highest BCUT2D eigenvalue weighted by Crippen LogP contribution is 2.29. The van der Waals surface area contributed by atoms with Crippen molar-refractivity contribution >= 4 is 55.2 Å². The number of benzene rings is 1. The van der Waals surface area contributed by atoms with Crippen LogP contribution in [0.3, 0.4) is 0 Å². The maximum absolute atomic E-state index is 5.39. The lowest BCUT2D eigenvalue weighted by Gasteiger charge is -2.07. The van der Waals surface area contributed by atoms with Crippen LogP contribution in [0, 0.1) is 4.77 Å². The summed E-state index contributed by atoms with van der Waals surface area (Å²) in [6.45, 7) is 0. The average Bonchev–Trinajstić information content (AvgIpc) is 2.77. The van der Waals surface area contributed by atoms with E-state index in [1.807, 2.05) is 22.8 Å². The van der Waals surface area contributed by atoms with Gasteiger partial charge in [0.25, 0.3) is 0 Å².